The zero-order chi connectivity index (χ0) is 17.9. The highest BCUT2D eigenvalue weighted by atomic mass is 16.5. The van der Waals surface area contributed by atoms with E-state index in [1.54, 1.807) is 12.1 Å². The van der Waals surface area contributed by atoms with Crippen LogP contribution < -0.4 is 4.74 Å². The van der Waals surface area contributed by atoms with E-state index in [0.29, 0.717) is 18.8 Å². The SMILES string of the molecule is C=CC(=O)OCCCCCOc1ccccc1-c1ccc(C#N)cc1. The van der Waals surface area contributed by atoms with Crippen LogP contribution in [0.3, 0.4) is 0 Å². The Bertz CT molecular complexity index is 744. The number of rotatable bonds is 9. The second-order valence-electron chi connectivity index (χ2n) is 5.47. The van der Waals surface area contributed by atoms with E-state index in [-0.39, 0.29) is 5.97 Å². The Morgan fingerprint density at radius 3 is 2.48 bits per heavy atom. The van der Waals surface area contributed by atoms with Crippen LogP contribution in [0.1, 0.15) is 24.8 Å². The van der Waals surface area contributed by atoms with E-state index in [0.717, 1.165) is 36.1 Å². The molecule has 0 spiro atoms. The van der Waals surface area contributed by atoms with Gasteiger partial charge in [0, 0.05) is 11.6 Å². The van der Waals surface area contributed by atoms with Crippen molar-refractivity contribution < 1.29 is 14.3 Å². The number of hydrogen-bond donors (Lipinski definition) is 0. The van der Waals surface area contributed by atoms with E-state index in [9.17, 15) is 4.79 Å². The van der Waals surface area contributed by atoms with Crippen molar-refractivity contribution in [2.24, 2.45) is 0 Å². The predicted molar refractivity (Wildman–Crippen MR) is 97.1 cm³/mol. The Morgan fingerprint density at radius 2 is 1.76 bits per heavy atom. The second kappa shape index (κ2) is 9.94. The quantitative estimate of drug-likeness (QED) is 0.384. The molecular weight excluding hydrogens is 314 g/mol. The number of unbranched alkanes of at least 4 members (excludes halogenated alkanes) is 2. The summed E-state index contributed by atoms with van der Waals surface area (Å²) in [4.78, 5) is 10.9. The molecule has 0 aliphatic carbocycles. The molecule has 0 N–H and O–H groups in total. The molecule has 0 radical (unpaired) electrons. The summed E-state index contributed by atoms with van der Waals surface area (Å²) in [6, 6.07) is 17.4. The second-order valence-corrected chi connectivity index (χ2v) is 5.47. The van der Waals surface area contributed by atoms with Crippen LogP contribution in [0.5, 0.6) is 5.75 Å². The zero-order valence-electron chi connectivity index (χ0n) is 14.1. The van der Waals surface area contributed by atoms with Gasteiger partial charge < -0.3 is 9.47 Å². The van der Waals surface area contributed by atoms with Crippen molar-refractivity contribution in [1.29, 1.82) is 5.26 Å². The minimum absolute atomic E-state index is 0.382. The number of carbonyl (C=O) groups excluding carboxylic acids is 1. The maximum absolute atomic E-state index is 10.9. The third-order valence-electron chi connectivity index (χ3n) is 3.67. The number of para-hydroxylation sites is 1. The maximum atomic E-state index is 10.9. The predicted octanol–water partition coefficient (Wildman–Crippen LogP) is 4.50. The molecule has 2 aromatic rings. The molecule has 2 rings (SSSR count). The zero-order valence-corrected chi connectivity index (χ0v) is 14.1. The van der Waals surface area contributed by atoms with Gasteiger partial charge in [0.1, 0.15) is 5.75 Å². The highest BCUT2D eigenvalue weighted by Crippen LogP contribution is 2.30. The number of esters is 1. The van der Waals surface area contributed by atoms with Crippen LogP contribution in [0.25, 0.3) is 11.1 Å². The number of nitrogens with zero attached hydrogens (tertiary/aromatic N) is 1. The van der Waals surface area contributed by atoms with E-state index in [1.807, 2.05) is 36.4 Å². The molecule has 0 unspecified atom stereocenters. The summed E-state index contributed by atoms with van der Waals surface area (Å²) in [6.07, 6.45) is 3.78. The fourth-order valence-corrected chi connectivity index (χ4v) is 2.35. The van der Waals surface area contributed by atoms with Gasteiger partial charge in [-0.15, -0.1) is 0 Å². The lowest BCUT2D eigenvalue weighted by molar-refractivity contribution is -0.137. The van der Waals surface area contributed by atoms with E-state index in [4.69, 9.17) is 14.7 Å². The minimum atomic E-state index is -0.382. The topological polar surface area (TPSA) is 59.3 Å². The highest BCUT2D eigenvalue weighted by Gasteiger charge is 2.06. The number of benzene rings is 2. The summed E-state index contributed by atoms with van der Waals surface area (Å²) in [7, 11) is 0. The number of carbonyl (C=O) groups is 1. The van der Waals surface area contributed by atoms with E-state index in [2.05, 4.69) is 12.6 Å². The van der Waals surface area contributed by atoms with Gasteiger partial charge in [0.25, 0.3) is 0 Å². The fraction of sp³-hybridized carbons (Fsp3) is 0.238. The van der Waals surface area contributed by atoms with Crippen LogP contribution >= 0.6 is 0 Å². The Balaban J connectivity index is 1.83. The van der Waals surface area contributed by atoms with Gasteiger partial charge in [0.05, 0.1) is 24.8 Å². The molecular formula is C21H21NO3. The molecule has 0 aliphatic rings. The van der Waals surface area contributed by atoms with Crippen molar-refractivity contribution in [3.63, 3.8) is 0 Å². The standard InChI is InChI=1S/C21H21NO3/c1-2-21(23)25-15-7-3-6-14-24-20-9-5-4-8-19(20)18-12-10-17(16-22)11-13-18/h2,4-5,8-13H,1,3,6-7,14-15H2. The van der Waals surface area contributed by atoms with Gasteiger partial charge in [-0.2, -0.15) is 5.26 Å². The molecule has 0 aliphatic heterocycles. The van der Waals surface area contributed by atoms with Crippen LogP contribution in [0.2, 0.25) is 0 Å². The van der Waals surface area contributed by atoms with E-state index >= 15 is 0 Å². The summed E-state index contributed by atoms with van der Waals surface area (Å²) in [6.45, 7) is 4.36. The van der Waals surface area contributed by atoms with Crippen molar-refractivity contribution in [1.82, 2.24) is 0 Å². The van der Waals surface area contributed by atoms with Crippen molar-refractivity contribution in [2.45, 2.75) is 19.3 Å². The average molecular weight is 335 g/mol. The first-order valence-corrected chi connectivity index (χ1v) is 8.26. The van der Waals surface area contributed by atoms with Crippen LogP contribution in [0, 0.1) is 11.3 Å². The molecule has 0 atom stereocenters. The molecule has 0 fully saturated rings. The van der Waals surface area contributed by atoms with Gasteiger partial charge in [-0.1, -0.05) is 36.9 Å². The summed E-state index contributed by atoms with van der Waals surface area (Å²) in [5, 5.41) is 8.90. The lowest BCUT2D eigenvalue weighted by Crippen LogP contribution is -2.03. The van der Waals surface area contributed by atoms with E-state index < -0.39 is 0 Å². The largest absolute Gasteiger partial charge is 0.493 e. The Labute approximate surface area is 148 Å². The van der Waals surface area contributed by atoms with Crippen molar-refractivity contribution in [2.75, 3.05) is 13.2 Å². The van der Waals surface area contributed by atoms with Crippen molar-refractivity contribution >= 4 is 5.97 Å². The van der Waals surface area contributed by atoms with Crippen molar-refractivity contribution in [3.8, 4) is 22.9 Å². The fourth-order valence-electron chi connectivity index (χ4n) is 2.35. The molecule has 0 aromatic heterocycles. The maximum Gasteiger partial charge on any atom is 0.330 e. The smallest absolute Gasteiger partial charge is 0.330 e. The monoisotopic (exact) mass is 335 g/mol. The van der Waals surface area contributed by atoms with Crippen LogP contribution in [-0.2, 0) is 9.53 Å². The Morgan fingerprint density at radius 1 is 1.04 bits per heavy atom. The van der Waals surface area contributed by atoms with E-state index in [1.165, 1.54) is 6.08 Å². The molecule has 128 valence electrons. The van der Waals surface area contributed by atoms with Crippen LogP contribution in [-0.4, -0.2) is 19.2 Å². The number of nitriles is 1. The van der Waals surface area contributed by atoms with Gasteiger partial charge in [0.15, 0.2) is 0 Å². The molecule has 4 nitrogen and oxygen atoms in total. The van der Waals surface area contributed by atoms with Crippen LogP contribution in [0.4, 0.5) is 0 Å². The average Bonchev–Trinajstić information content (AvgIpc) is 2.67. The van der Waals surface area contributed by atoms with Crippen LogP contribution in [0.15, 0.2) is 61.2 Å². The van der Waals surface area contributed by atoms with Gasteiger partial charge >= 0.3 is 5.97 Å². The lowest BCUT2D eigenvalue weighted by Gasteiger charge is -2.11. The molecule has 0 saturated carbocycles. The molecule has 25 heavy (non-hydrogen) atoms. The first kappa shape index (κ1) is 18.3. The normalized spacial score (nSPS) is 9.88. The third kappa shape index (κ3) is 5.82. The first-order valence-electron chi connectivity index (χ1n) is 8.26. The molecule has 0 saturated heterocycles. The Hall–Kier alpha value is -3.06. The molecule has 2 aromatic carbocycles. The van der Waals surface area contributed by atoms with Crippen molar-refractivity contribution in [3.05, 3.63) is 66.7 Å². The summed E-state index contributed by atoms with van der Waals surface area (Å²) in [5.74, 6) is 0.442. The summed E-state index contributed by atoms with van der Waals surface area (Å²) >= 11 is 0. The molecule has 4 heteroatoms. The summed E-state index contributed by atoms with van der Waals surface area (Å²) < 4.78 is 10.8. The number of ether oxygens (including phenoxy) is 2. The third-order valence-corrected chi connectivity index (χ3v) is 3.67. The Kier molecular flexibility index (Phi) is 7.27. The van der Waals surface area contributed by atoms with Gasteiger partial charge in [-0.3, -0.25) is 0 Å². The molecule has 0 bridgehead atoms. The minimum Gasteiger partial charge on any atom is -0.493 e. The summed E-state index contributed by atoms with van der Waals surface area (Å²) in [5.41, 5.74) is 2.66. The lowest BCUT2D eigenvalue weighted by atomic mass is 10.0. The molecule has 0 amide bonds. The molecule has 0 heterocycles. The van der Waals surface area contributed by atoms with Gasteiger partial charge in [-0.05, 0) is 43.0 Å². The first-order chi connectivity index (χ1) is 12.2. The van der Waals surface area contributed by atoms with Gasteiger partial charge in [0.2, 0.25) is 0 Å². The highest BCUT2D eigenvalue weighted by molar-refractivity contribution is 5.81. The van der Waals surface area contributed by atoms with Gasteiger partial charge in [-0.25, -0.2) is 4.79 Å². The number of hydrogen-bond acceptors (Lipinski definition) is 4.